The van der Waals surface area contributed by atoms with E-state index in [2.05, 4.69) is 9.97 Å². The second-order valence-electron chi connectivity index (χ2n) is 5.41. The van der Waals surface area contributed by atoms with Crippen molar-refractivity contribution in [3.8, 4) is 11.8 Å². The molecule has 1 heterocycles. The van der Waals surface area contributed by atoms with E-state index in [1.807, 2.05) is 61.5 Å². The van der Waals surface area contributed by atoms with Crippen LogP contribution in [0.3, 0.4) is 0 Å². The number of para-hydroxylation sites is 3. The largest absolute Gasteiger partial charge is 0.493 e. The number of nitrogens with zero attached hydrogens (tertiary/aromatic N) is 2. The Morgan fingerprint density at radius 1 is 1.28 bits per heavy atom. The average Bonchev–Trinajstić information content (AvgIpc) is 3.05. The quantitative estimate of drug-likeness (QED) is 0.696. The zero-order valence-electron chi connectivity index (χ0n) is 13.8. The smallest absolute Gasteiger partial charge is 0.180 e. The fourth-order valence-electron chi connectivity index (χ4n) is 2.54. The molecule has 0 aliphatic carbocycles. The standard InChI is InChI=1S/C20H17N3O2/c1-2-25-19-10-6-3-7-14(19)11-12-18(24)15(13-21)20-22-16-8-4-5-9-17(16)23-20/h3-12,15H,2H2,1H3,(H,22,23)/b12-11+. The summed E-state index contributed by atoms with van der Waals surface area (Å²) in [6.07, 6.45) is 3.07. The molecule has 0 aliphatic heterocycles. The van der Waals surface area contributed by atoms with E-state index in [1.165, 1.54) is 6.08 Å². The van der Waals surface area contributed by atoms with E-state index < -0.39 is 5.92 Å². The van der Waals surface area contributed by atoms with Crippen molar-refractivity contribution >= 4 is 22.9 Å². The molecule has 1 atom stereocenters. The molecular weight excluding hydrogens is 314 g/mol. The Kier molecular flexibility index (Phi) is 4.91. The molecule has 0 amide bonds. The van der Waals surface area contributed by atoms with E-state index in [9.17, 15) is 10.1 Å². The molecule has 5 heteroatoms. The van der Waals surface area contributed by atoms with Crippen molar-refractivity contribution in [1.29, 1.82) is 5.26 Å². The second-order valence-corrected chi connectivity index (χ2v) is 5.41. The monoisotopic (exact) mass is 331 g/mol. The van der Waals surface area contributed by atoms with Crippen molar-refractivity contribution in [3.63, 3.8) is 0 Å². The number of nitriles is 1. The zero-order valence-corrected chi connectivity index (χ0v) is 13.8. The van der Waals surface area contributed by atoms with Gasteiger partial charge in [-0.1, -0.05) is 30.3 Å². The number of aromatic amines is 1. The minimum atomic E-state index is -0.970. The number of ketones is 1. The summed E-state index contributed by atoms with van der Waals surface area (Å²) in [5, 5.41) is 9.42. The number of carbonyl (C=O) groups excluding carboxylic acids is 1. The molecule has 0 spiro atoms. The summed E-state index contributed by atoms with van der Waals surface area (Å²) in [5.74, 6) is -0.237. The Morgan fingerprint density at radius 3 is 2.80 bits per heavy atom. The lowest BCUT2D eigenvalue weighted by Gasteiger charge is -2.06. The lowest BCUT2D eigenvalue weighted by atomic mass is 10.0. The minimum absolute atomic E-state index is 0.326. The molecular formula is C20H17N3O2. The number of imidazole rings is 1. The van der Waals surface area contributed by atoms with Crippen LogP contribution in [0.1, 0.15) is 24.2 Å². The molecule has 0 radical (unpaired) electrons. The number of carbonyl (C=O) groups is 1. The number of benzene rings is 2. The van der Waals surface area contributed by atoms with E-state index in [-0.39, 0.29) is 5.78 Å². The van der Waals surface area contributed by atoms with Crippen LogP contribution < -0.4 is 4.74 Å². The lowest BCUT2D eigenvalue weighted by molar-refractivity contribution is -0.114. The third-order valence-electron chi connectivity index (χ3n) is 3.74. The van der Waals surface area contributed by atoms with Gasteiger partial charge in [0.25, 0.3) is 0 Å². The maximum Gasteiger partial charge on any atom is 0.180 e. The number of nitrogens with one attached hydrogen (secondary N) is 1. The van der Waals surface area contributed by atoms with E-state index in [0.29, 0.717) is 18.2 Å². The second kappa shape index (κ2) is 7.45. The Morgan fingerprint density at radius 2 is 2.04 bits per heavy atom. The van der Waals surface area contributed by atoms with Crippen LogP contribution in [-0.4, -0.2) is 22.4 Å². The number of hydrogen-bond acceptors (Lipinski definition) is 4. The van der Waals surface area contributed by atoms with Crippen LogP contribution in [-0.2, 0) is 4.79 Å². The van der Waals surface area contributed by atoms with Gasteiger partial charge < -0.3 is 9.72 Å². The maximum atomic E-state index is 12.5. The summed E-state index contributed by atoms with van der Waals surface area (Å²) >= 11 is 0. The van der Waals surface area contributed by atoms with Gasteiger partial charge in [-0.15, -0.1) is 0 Å². The van der Waals surface area contributed by atoms with Crippen molar-refractivity contribution in [3.05, 3.63) is 66.0 Å². The number of rotatable bonds is 6. The Labute approximate surface area is 145 Å². The van der Waals surface area contributed by atoms with Gasteiger partial charge in [0.2, 0.25) is 0 Å². The van der Waals surface area contributed by atoms with Crippen LogP contribution in [0, 0.1) is 11.3 Å². The summed E-state index contributed by atoms with van der Waals surface area (Å²) < 4.78 is 5.53. The zero-order chi connectivity index (χ0) is 17.6. The Bertz CT molecular complexity index is 933. The summed E-state index contributed by atoms with van der Waals surface area (Å²) in [7, 11) is 0. The van der Waals surface area contributed by atoms with Crippen LogP contribution in [0.5, 0.6) is 5.75 Å². The number of H-pyrrole nitrogens is 1. The van der Waals surface area contributed by atoms with Crippen LogP contribution >= 0.6 is 0 Å². The number of allylic oxidation sites excluding steroid dienone is 1. The van der Waals surface area contributed by atoms with Gasteiger partial charge in [0.1, 0.15) is 11.6 Å². The molecule has 25 heavy (non-hydrogen) atoms. The molecule has 0 saturated carbocycles. The summed E-state index contributed by atoms with van der Waals surface area (Å²) in [4.78, 5) is 19.9. The van der Waals surface area contributed by atoms with Crippen molar-refractivity contribution in [2.24, 2.45) is 0 Å². The van der Waals surface area contributed by atoms with E-state index in [1.54, 1.807) is 6.08 Å². The van der Waals surface area contributed by atoms with Gasteiger partial charge >= 0.3 is 0 Å². The van der Waals surface area contributed by atoms with Crippen molar-refractivity contribution in [2.45, 2.75) is 12.8 Å². The molecule has 3 aromatic rings. The molecule has 0 bridgehead atoms. The highest BCUT2D eigenvalue weighted by Gasteiger charge is 2.21. The Balaban J connectivity index is 1.85. The SMILES string of the molecule is CCOc1ccccc1/C=C/C(=O)C(C#N)c1nc2ccccc2[nH]1. The van der Waals surface area contributed by atoms with Gasteiger partial charge in [0, 0.05) is 5.56 Å². The van der Waals surface area contributed by atoms with Crippen molar-refractivity contribution in [1.82, 2.24) is 9.97 Å². The minimum Gasteiger partial charge on any atom is -0.493 e. The number of hydrogen-bond donors (Lipinski definition) is 1. The molecule has 1 aromatic heterocycles. The molecule has 124 valence electrons. The van der Waals surface area contributed by atoms with E-state index in [0.717, 1.165) is 16.6 Å². The van der Waals surface area contributed by atoms with Crippen LogP contribution in [0.15, 0.2) is 54.6 Å². The van der Waals surface area contributed by atoms with Gasteiger partial charge in [-0.3, -0.25) is 4.79 Å². The third-order valence-corrected chi connectivity index (χ3v) is 3.74. The summed E-state index contributed by atoms with van der Waals surface area (Å²) in [6, 6.07) is 16.9. The first-order valence-corrected chi connectivity index (χ1v) is 8.01. The highest BCUT2D eigenvalue weighted by Crippen LogP contribution is 2.22. The maximum absolute atomic E-state index is 12.5. The van der Waals surface area contributed by atoms with Gasteiger partial charge in [-0.2, -0.15) is 5.26 Å². The van der Waals surface area contributed by atoms with Crippen LogP contribution in [0.4, 0.5) is 0 Å². The fourth-order valence-corrected chi connectivity index (χ4v) is 2.54. The molecule has 2 aromatic carbocycles. The Hall–Kier alpha value is -3.39. The summed E-state index contributed by atoms with van der Waals surface area (Å²) in [5.41, 5.74) is 2.33. The normalized spacial score (nSPS) is 12.2. The number of fused-ring (bicyclic) bond motifs is 1. The highest BCUT2D eigenvalue weighted by molar-refractivity contribution is 6.00. The van der Waals surface area contributed by atoms with Crippen LogP contribution in [0.2, 0.25) is 0 Å². The van der Waals surface area contributed by atoms with E-state index >= 15 is 0 Å². The summed E-state index contributed by atoms with van der Waals surface area (Å²) in [6.45, 7) is 2.44. The van der Waals surface area contributed by atoms with E-state index in [4.69, 9.17) is 4.74 Å². The number of ether oxygens (including phenoxy) is 1. The lowest BCUT2D eigenvalue weighted by Crippen LogP contribution is -2.09. The third kappa shape index (κ3) is 3.59. The molecule has 0 fully saturated rings. The molecule has 0 saturated heterocycles. The van der Waals surface area contributed by atoms with Gasteiger partial charge in [-0.05, 0) is 37.3 Å². The van der Waals surface area contributed by atoms with Crippen molar-refractivity contribution in [2.75, 3.05) is 6.61 Å². The fraction of sp³-hybridized carbons (Fsp3) is 0.150. The highest BCUT2D eigenvalue weighted by atomic mass is 16.5. The predicted molar refractivity (Wildman–Crippen MR) is 96.1 cm³/mol. The molecule has 1 N–H and O–H groups in total. The predicted octanol–water partition coefficient (Wildman–Crippen LogP) is 3.85. The average molecular weight is 331 g/mol. The van der Waals surface area contributed by atoms with Crippen LogP contribution in [0.25, 0.3) is 17.1 Å². The molecule has 1 unspecified atom stereocenters. The van der Waals surface area contributed by atoms with Crippen molar-refractivity contribution < 1.29 is 9.53 Å². The van der Waals surface area contributed by atoms with Gasteiger partial charge in [0.05, 0.1) is 23.7 Å². The molecule has 5 nitrogen and oxygen atoms in total. The molecule has 0 aliphatic rings. The van der Waals surface area contributed by atoms with Gasteiger partial charge in [-0.25, -0.2) is 4.98 Å². The van der Waals surface area contributed by atoms with Gasteiger partial charge in [0.15, 0.2) is 11.7 Å². The topological polar surface area (TPSA) is 78.8 Å². The first-order chi connectivity index (χ1) is 12.2. The first-order valence-electron chi connectivity index (χ1n) is 8.01. The molecule has 3 rings (SSSR count). The number of aromatic nitrogens is 2. The first kappa shape index (κ1) is 16.5.